The first kappa shape index (κ1) is 15.3. The van der Waals surface area contributed by atoms with Gasteiger partial charge in [-0.25, -0.2) is 4.98 Å². The van der Waals surface area contributed by atoms with Crippen molar-refractivity contribution in [1.82, 2.24) is 14.5 Å². The van der Waals surface area contributed by atoms with Crippen molar-refractivity contribution in [3.05, 3.63) is 48.5 Å². The summed E-state index contributed by atoms with van der Waals surface area (Å²) in [5.41, 5.74) is 2.43. The molecule has 1 N–H and O–H groups in total. The first-order valence-electron chi connectivity index (χ1n) is 8.16. The Morgan fingerprint density at radius 3 is 2.68 bits per heavy atom. The summed E-state index contributed by atoms with van der Waals surface area (Å²) >= 11 is 0. The van der Waals surface area contributed by atoms with E-state index in [1.54, 1.807) is 6.20 Å². The SMILES string of the molecule is CN(Cc1ccc(-n2ccnc2)cc1)CC1CCCCC1O. The Hall–Kier alpha value is -1.65. The maximum Gasteiger partial charge on any atom is 0.0991 e. The summed E-state index contributed by atoms with van der Waals surface area (Å²) < 4.78 is 2.01. The van der Waals surface area contributed by atoms with Crippen LogP contribution in [0.1, 0.15) is 31.2 Å². The van der Waals surface area contributed by atoms with Crippen LogP contribution in [0.15, 0.2) is 43.0 Å². The summed E-state index contributed by atoms with van der Waals surface area (Å²) in [5.74, 6) is 0.434. The number of aromatic nitrogens is 2. The third-order valence-electron chi connectivity index (χ3n) is 4.61. The number of hydrogen-bond donors (Lipinski definition) is 1. The molecule has 22 heavy (non-hydrogen) atoms. The lowest BCUT2D eigenvalue weighted by atomic mass is 9.86. The van der Waals surface area contributed by atoms with E-state index >= 15 is 0 Å². The van der Waals surface area contributed by atoms with E-state index < -0.39 is 0 Å². The van der Waals surface area contributed by atoms with E-state index in [1.165, 1.54) is 18.4 Å². The minimum absolute atomic E-state index is 0.111. The van der Waals surface area contributed by atoms with Crippen LogP contribution in [0.25, 0.3) is 5.69 Å². The molecule has 0 aliphatic heterocycles. The van der Waals surface area contributed by atoms with Gasteiger partial charge in [0.2, 0.25) is 0 Å². The number of benzene rings is 1. The molecule has 0 radical (unpaired) electrons. The average molecular weight is 299 g/mol. The number of hydrogen-bond acceptors (Lipinski definition) is 3. The first-order chi connectivity index (χ1) is 10.7. The second-order valence-corrected chi connectivity index (χ2v) is 6.45. The summed E-state index contributed by atoms with van der Waals surface area (Å²) in [5, 5.41) is 10.1. The fourth-order valence-corrected chi connectivity index (χ4v) is 3.36. The van der Waals surface area contributed by atoms with Gasteiger partial charge in [0.25, 0.3) is 0 Å². The van der Waals surface area contributed by atoms with Crippen molar-refractivity contribution in [2.45, 2.75) is 38.3 Å². The van der Waals surface area contributed by atoms with Crippen LogP contribution in [0.4, 0.5) is 0 Å². The zero-order chi connectivity index (χ0) is 15.4. The van der Waals surface area contributed by atoms with E-state index in [4.69, 9.17) is 0 Å². The van der Waals surface area contributed by atoms with Crippen LogP contribution in [-0.2, 0) is 6.54 Å². The normalized spacial score (nSPS) is 22.1. The fourth-order valence-electron chi connectivity index (χ4n) is 3.36. The Morgan fingerprint density at radius 1 is 1.23 bits per heavy atom. The average Bonchev–Trinajstić information content (AvgIpc) is 3.05. The molecule has 1 aliphatic carbocycles. The summed E-state index contributed by atoms with van der Waals surface area (Å²) in [6.07, 6.45) is 10.0. The Balaban J connectivity index is 1.56. The Labute approximate surface area is 132 Å². The molecule has 0 amide bonds. The summed E-state index contributed by atoms with van der Waals surface area (Å²) in [4.78, 5) is 6.40. The van der Waals surface area contributed by atoms with Crippen LogP contribution in [0, 0.1) is 5.92 Å². The Bertz CT molecular complexity index is 565. The molecular weight excluding hydrogens is 274 g/mol. The van der Waals surface area contributed by atoms with Crippen LogP contribution in [-0.4, -0.2) is 39.3 Å². The van der Waals surface area contributed by atoms with E-state index in [2.05, 4.69) is 41.2 Å². The minimum Gasteiger partial charge on any atom is -0.393 e. The Kier molecular flexibility index (Phi) is 4.90. The van der Waals surface area contributed by atoms with Gasteiger partial charge in [0.05, 0.1) is 12.4 Å². The van der Waals surface area contributed by atoms with Crippen LogP contribution in [0.2, 0.25) is 0 Å². The van der Waals surface area contributed by atoms with Crippen LogP contribution in [0.3, 0.4) is 0 Å². The van der Waals surface area contributed by atoms with Gasteiger partial charge < -0.3 is 14.6 Å². The molecule has 118 valence electrons. The monoisotopic (exact) mass is 299 g/mol. The van der Waals surface area contributed by atoms with Crippen molar-refractivity contribution in [2.24, 2.45) is 5.92 Å². The summed E-state index contributed by atoms with van der Waals surface area (Å²) in [7, 11) is 2.14. The molecule has 2 aromatic rings. The van der Waals surface area contributed by atoms with Gasteiger partial charge >= 0.3 is 0 Å². The molecule has 1 saturated carbocycles. The molecule has 2 unspecified atom stereocenters. The number of rotatable bonds is 5. The van der Waals surface area contributed by atoms with Gasteiger partial charge in [0.1, 0.15) is 0 Å². The molecule has 1 aromatic heterocycles. The number of imidazole rings is 1. The first-order valence-corrected chi connectivity index (χ1v) is 8.16. The zero-order valence-electron chi connectivity index (χ0n) is 13.2. The Morgan fingerprint density at radius 2 is 2.00 bits per heavy atom. The molecule has 1 heterocycles. The lowest BCUT2D eigenvalue weighted by Crippen LogP contribution is -2.34. The molecule has 0 bridgehead atoms. The van der Waals surface area contributed by atoms with E-state index in [9.17, 15) is 5.11 Å². The van der Waals surface area contributed by atoms with Crippen LogP contribution in [0.5, 0.6) is 0 Å². The minimum atomic E-state index is -0.111. The molecule has 4 heteroatoms. The smallest absolute Gasteiger partial charge is 0.0991 e. The molecule has 2 atom stereocenters. The second-order valence-electron chi connectivity index (χ2n) is 6.45. The summed E-state index contributed by atoms with van der Waals surface area (Å²) in [6, 6.07) is 8.59. The van der Waals surface area contributed by atoms with Gasteiger partial charge in [-0.2, -0.15) is 0 Å². The van der Waals surface area contributed by atoms with Crippen molar-refractivity contribution in [1.29, 1.82) is 0 Å². The quantitative estimate of drug-likeness (QED) is 0.923. The lowest BCUT2D eigenvalue weighted by molar-refractivity contribution is 0.0502. The fraction of sp³-hybridized carbons (Fsp3) is 0.500. The van der Waals surface area contributed by atoms with E-state index in [1.807, 2.05) is 17.1 Å². The van der Waals surface area contributed by atoms with Crippen LogP contribution >= 0.6 is 0 Å². The van der Waals surface area contributed by atoms with Gasteiger partial charge in [0.15, 0.2) is 0 Å². The number of nitrogens with zero attached hydrogens (tertiary/aromatic N) is 3. The molecular formula is C18H25N3O. The molecule has 0 saturated heterocycles. The highest BCUT2D eigenvalue weighted by Crippen LogP contribution is 2.25. The maximum absolute atomic E-state index is 10.1. The van der Waals surface area contributed by atoms with Gasteiger partial charge in [0, 0.05) is 31.2 Å². The van der Waals surface area contributed by atoms with Crippen LogP contribution < -0.4 is 0 Å². The van der Waals surface area contributed by atoms with Crippen molar-refractivity contribution in [3.8, 4) is 5.69 Å². The van der Waals surface area contributed by atoms with Gasteiger partial charge in [-0.3, -0.25) is 0 Å². The largest absolute Gasteiger partial charge is 0.393 e. The number of aliphatic hydroxyl groups excluding tert-OH is 1. The molecule has 3 rings (SSSR count). The van der Waals surface area contributed by atoms with Gasteiger partial charge in [-0.05, 0) is 43.5 Å². The van der Waals surface area contributed by atoms with E-state index in [0.717, 1.165) is 31.6 Å². The molecule has 0 spiro atoms. The van der Waals surface area contributed by atoms with E-state index in [-0.39, 0.29) is 6.10 Å². The highest BCUT2D eigenvalue weighted by Gasteiger charge is 2.23. The summed E-state index contributed by atoms with van der Waals surface area (Å²) in [6.45, 7) is 1.90. The third kappa shape index (κ3) is 3.76. The lowest BCUT2D eigenvalue weighted by Gasteiger charge is -2.31. The predicted molar refractivity (Wildman–Crippen MR) is 87.9 cm³/mol. The standard InChI is InChI=1S/C18H25N3O/c1-20(13-16-4-2-3-5-18(16)22)12-15-6-8-17(9-7-15)21-11-10-19-14-21/h6-11,14,16,18,22H,2-5,12-13H2,1H3. The molecule has 1 aromatic carbocycles. The third-order valence-corrected chi connectivity index (χ3v) is 4.61. The second kappa shape index (κ2) is 7.07. The van der Waals surface area contributed by atoms with Gasteiger partial charge in [-0.1, -0.05) is 25.0 Å². The van der Waals surface area contributed by atoms with Gasteiger partial charge in [-0.15, -0.1) is 0 Å². The predicted octanol–water partition coefficient (Wildman–Crippen LogP) is 2.86. The molecule has 1 aliphatic rings. The van der Waals surface area contributed by atoms with Crippen molar-refractivity contribution >= 4 is 0 Å². The highest BCUT2D eigenvalue weighted by molar-refractivity contribution is 5.34. The van der Waals surface area contributed by atoms with E-state index in [0.29, 0.717) is 5.92 Å². The molecule has 1 fully saturated rings. The zero-order valence-corrected chi connectivity index (χ0v) is 13.2. The topological polar surface area (TPSA) is 41.3 Å². The maximum atomic E-state index is 10.1. The highest BCUT2D eigenvalue weighted by atomic mass is 16.3. The van der Waals surface area contributed by atoms with Crippen molar-refractivity contribution in [2.75, 3.05) is 13.6 Å². The van der Waals surface area contributed by atoms with Crippen molar-refractivity contribution in [3.63, 3.8) is 0 Å². The van der Waals surface area contributed by atoms with Crippen molar-refractivity contribution < 1.29 is 5.11 Å². The molecule has 4 nitrogen and oxygen atoms in total. The number of aliphatic hydroxyl groups is 1.